The molecule has 0 radical (unpaired) electrons. The number of rotatable bonds is 4. The molecule has 2 saturated heterocycles. The fourth-order valence-corrected chi connectivity index (χ4v) is 4.41. The Bertz CT molecular complexity index is 288. The van der Waals surface area contributed by atoms with Crippen LogP contribution in [0.1, 0.15) is 51.4 Å². The molecule has 0 aromatic rings. The molecule has 1 N–H and O–H groups in total. The van der Waals surface area contributed by atoms with Crippen LogP contribution < -0.4 is 5.32 Å². The van der Waals surface area contributed by atoms with Gasteiger partial charge >= 0.3 is 0 Å². The van der Waals surface area contributed by atoms with Crippen LogP contribution in [0.3, 0.4) is 0 Å². The maximum Gasteiger partial charge on any atom is 0.0710 e. The summed E-state index contributed by atoms with van der Waals surface area (Å²) in [6.45, 7) is 4.90. The predicted molar refractivity (Wildman–Crippen MR) is 78.4 cm³/mol. The van der Waals surface area contributed by atoms with Gasteiger partial charge in [0.15, 0.2) is 0 Å². The first kappa shape index (κ1) is 13.8. The smallest absolute Gasteiger partial charge is 0.0710 e. The Hall–Kier alpha value is -0.120. The van der Waals surface area contributed by atoms with Gasteiger partial charge in [0.05, 0.1) is 11.7 Å². The van der Waals surface area contributed by atoms with E-state index < -0.39 is 0 Å². The van der Waals surface area contributed by atoms with Crippen LogP contribution in [0.5, 0.6) is 0 Å². The van der Waals surface area contributed by atoms with Crippen LogP contribution in [0.4, 0.5) is 0 Å². The second kappa shape index (κ2) is 6.11. The van der Waals surface area contributed by atoms with Crippen molar-refractivity contribution in [3.63, 3.8) is 0 Å². The minimum atomic E-state index is 0.299. The summed E-state index contributed by atoms with van der Waals surface area (Å²) in [6, 6.07) is 0. The topological polar surface area (TPSA) is 24.5 Å². The third-order valence-corrected chi connectivity index (χ3v) is 5.43. The summed E-state index contributed by atoms with van der Waals surface area (Å²) in [5, 5.41) is 3.31. The average Bonchev–Trinajstić information content (AvgIpc) is 3.00. The second-order valence-corrected chi connectivity index (χ2v) is 6.99. The Balaban J connectivity index is 1.44. The van der Waals surface area contributed by atoms with E-state index in [1.807, 2.05) is 0 Å². The number of hydrogen-bond donors (Lipinski definition) is 1. The quantitative estimate of drug-likeness (QED) is 0.846. The summed E-state index contributed by atoms with van der Waals surface area (Å²) in [5.74, 6) is 0.857. The molecule has 1 aliphatic carbocycles. The molecule has 3 rings (SSSR count). The first-order chi connectivity index (χ1) is 9.30. The van der Waals surface area contributed by atoms with Crippen LogP contribution in [0.25, 0.3) is 0 Å². The molecule has 3 aliphatic rings. The number of nitrogens with zero attached hydrogens (tertiary/aromatic N) is 1. The molecular weight excluding hydrogens is 236 g/mol. The van der Waals surface area contributed by atoms with E-state index in [-0.39, 0.29) is 0 Å². The van der Waals surface area contributed by atoms with Crippen LogP contribution >= 0.6 is 0 Å². The lowest BCUT2D eigenvalue weighted by Gasteiger charge is -2.34. The summed E-state index contributed by atoms with van der Waals surface area (Å²) >= 11 is 0. The van der Waals surface area contributed by atoms with Gasteiger partial charge in [-0.15, -0.1) is 0 Å². The lowest BCUT2D eigenvalue weighted by Crippen LogP contribution is -2.36. The first-order valence-electron chi connectivity index (χ1n) is 8.34. The molecule has 110 valence electrons. The van der Waals surface area contributed by atoms with E-state index in [2.05, 4.69) is 17.3 Å². The minimum absolute atomic E-state index is 0.299. The van der Waals surface area contributed by atoms with Crippen molar-refractivity contribution in [1.29, 1.82) is 0 Å². The summed E-state index contributed by atoms with van der Waals surface area (Å²) < 4.78 is 6.49. The van der Waals surface area contributed by atoms with Gasteiger partial charge in [0, 0.05) is 13.1 Å². The molecule has 2 heterocycles. The van der Waals surface area contributed by atoms with Crippen LogP contribution in [0, 0.1) is 5.92 Å². The standard InChI is InChI=1S/C16H30N2O/c1-17-11-14-6-10-18(12-14)13-15-5-9-16(19-15)7-3-2-4-8-16/h14-15,17H,2-13H2,1H3. The molecule has 19 heavy (non-hydrogen) atoms. The molecule has 3 nitrogen and oxygen atoms in total. The van der Waals surface area contributed by atoms with E-state index in [4.69, 9.17) is 4.74 Å². The fraction of sp³-hybridized carbons (Fsp3) is 1.00. The second-order valence-electron chi connectivity index (χ2n) is 6.99. The minimum Gasteiger partial charge on any atom is -0.370 e. The van der Waals surface area contributed by atoms with E-state index in [1.54, 1.807) is 0 Å². The number of nitrogens with one attached hydrogen (secondary N) is 1. The van der Waals surface area contributed by atoms with Crippen molar-refractivity contribution in [3.05, 3.63) is 0 Å². The Morgan fingerprint density at radius 2 is 2.00 bits per heavy atom. The van der Waals surface area contributed by atoms with Gasteiger partial charge in [-0.1, -0.05) is 19.3 Å². The van der Waals surface area contributed by atoms with E-state index in [0.29, 0.717) is 11.7 Å². The molecule has 0 aromatic carbocycles. The highest BCUT2D eigenvalue weighted by Gasteiger charge is 2.41. The van der Waals surface area contributed by atoms with Gasteiger partial charge in [-0.2, -0.15) is 0 Å². The third-order valence-electron chi connectivity index (χ3n) is 5.43. The zero-order chi connectivity index (χ0) is 13.1. The fourth-order valence-electron chi connectivity index (χ4n) is 4.41. The lowest BCUT2D eigenvalue weighted by molar-refractivity contribution is -0.0705. The van der Waals surface area contributed by atoms with Crippen molar-refractivity contribution in [3.8, 4) is 0 Å². The zero-order valence-electron chi connectivity index (χ0n) is 12.5. The Kier molecular flexibility index (Phi) is 4.45. The highest BCUT2D eigenvalue weighted by Crippen LogP contribution is 2.42. The van der Waals surface area contributed by atoms with Crippen molar-refractivity contribution < 1.29 is 4.74 Å². The predicted octanol–water partition coefficient (Wildman–Crippen LogP) is 2.41. The summed E-state index contributed by atoms with van der Waals surface area (Å²) in [5.41, 5.74) is 0.299. The number of hydrogen-bond acceptors (Lipinski definition) is 3. The highest BCUT2D eigenvalue weighted by atomic mass is 16.5. The van der Waals surface area contributed by atoms with Gasteiger partial charge in [0.2, 0.25) is 0 Å². The third kappa shape index (κ3) is 3.32. The van der Waals surface area contributed by atoms with Gasteiger partial charge in [-0.05, 0) is 58.2 Å². The highest BCUT2D eigenvalue weighted by molar-refractivity contribution is 4.92. The van der Waals surface area contributed by atoms with Gasteiger partial charge in [0.25, 0.3) is 0 Å². The number of likely N-dealkylation sites (tertiary alicyclic amines) is 1. The largest absolute Gasteiger partial charge is 0.370 e. The van der Waals surface area contributed by atoms with Crippen molar-refractivity contribution in [2.24, 2.45) is 5.92 Å². The Labute approximate surface area is 118 Å². The Morgan fingerprint density at radius 3 is 2.79 bits per heavy atom. The van der Waals surface area contributed by atoms with Gasteiger partial charge in [0.1, 0.15) is 0 Å². The van der Waals surface area contributed by atoms with Crippen molar-refractivity contribution in [2.75, 3.05) is 33.2 Å². The van der Waals surface area contributed by atoms with E-state index in [1.165, 1.54) is 77.5 Å². The molecule has 1 spiro atoms. The molecule has 1 saturated carbocycles. The molecule has 0 bridgehead atoms. The molecule has 3 heteroatoms. The lowest BCUT2D eigenvalue weighted by atomic mass is 9.83. The molecule has 0 amide bonds. The van der Waals surface area contributed by atoms with Gasteiger partial charge < -0.3 is 15.0 Å². The van der Waals surface area contributed by atoms with Crippen LogP contribution in [-0.2, 0) is 4.74 Å². The van der Waals surface area contributed by atoms with Gasteiger partial charge in [-0.25, -0.2) is 0 Å². The van der Waals surface area contributed by atoms with Crippen molar-refractivity contribution >= 4 is 0 Å². The summed E-state index contributed by atoms with van der Waals surface area (Å²) in [7, 11) is 2.07. The molecule has 0 aromatic heterocycles. The van der Waals surface area contributed by atoms with Crippen molar-refractivity contribution in [1.82, 2.24) is 10.2 Å². The summed E-state index contributed by atoms with van der Waals surface area (Å²) in [4.78, 5) is 2.63. The SMILES string of the molecule is CNCC1CCN(CC2CCC3(CCCCC3)O2)C1. The van der Waals surface area contributed by atoms with Crippen LogP contribution in [0.2, 0.25) is 0 Å². The molecule has 3 fully saturated rings. The van der Waals surface area contributed by atoms with E-state index >= 15 is 0 Å². The van der Waals surface area contributed by atoms with E-state index in [0.717, 1.165) is 5.92 Å². The Morgan fingerprint density at radius 1 is 1.16 bits per heavy atom. The van der Waals surface area contributed by atoms with Crippen LogP contribution in [-0.4, -0.2) is 49.8 Å². The van der Waals surface area contributed by atoms with E-state index in [9.17, 15) is 0 Å². The van der Waals surface area contributed by atoms with Gasteiger partial charge in [-0.3, -0.25) is 0 Å². The molecular formula is C16H30N2O. The monoisotopic (exact) mass is 266 g/mol. The maximum absolute atomic E-state index is 6.49. The summed E-state index contributed by atoms with van der Waals surface area (Å²) in [6.07, 6.45) is 11.4. The zero-order valence-corrected chi connectivity index (χ0v) is 12.5. The maximum atomic E-state index is 6.49. The molecule has 2 aliphatic heterocycles. The number of ether oxygens (including phenoxy) is 1. The molecule has 2 atom stereocenters. The normalized spacial score (nSPS) is 35.2. The van der Waals surface area contributed by atoms with Crippen LogP contribution in [0.15, 0.2) is 0 Å². The average molecular weight is 266 g/mol. The first-order valence-corrected chi connectivity index (χ1v) is 8.34. The van der Waals surface area contributed by atoms with Crippen molar-refractivity contribution in [2.45, 2.75) is 63.1 Å². The molecule has 2 unspecified atom stereocenters.